The summed E-state index contributed by atoms with van der Waals surface area (Å²) in [5.74, 6) is 0.249. The summed E-state index contributed by atoms with van der Waals surface area (Å²) in [5, 5.41) is 11.1. The molecule has 7 heteroatoms. The van der Waals surface area contributed by atoms with E-state index in [0.29, 0.717) is 30.6 Å². The van der Waals surface area contributed by atoms with Gasteiger partial charge in [0.1, 0.15) is 5.84 Å². The van der Waals surface area contributed by atoms with Gasteiger partial charge in [-0.05, 0) is 6.42 Å². The molecule has 1 saturated heterocycles. The second-order valence-corrected chi connectivity index (χ2v) is 4.25. The molecule has 1 aromatic rings. The van der Waals surface area contributed by atoms with Crippen LogP contribution in [0.3, 0.4) is 0 Å². The maximum Gasteiger partial charge on any atom is 0.278 e. The summed E-state index contributed by atoms with van der Waals surface area (Å²) in [5.41, 5.74) is 5.57. The van der Waals surface area contributed by atoms with Gasteiger partial charge in [-0.15, -0.1) is 0 Å². The molecule has 0 radical (unpaired) electrons. The van der Waals surface area contributed by atoms with Crippen LogP contribution in [-0.2, 0) is 15.5 Å². The minimum Gasteiger partial charge on any atom is -0.383 e. The number of hydrogen-bond donors (Lipinski definition) is 1. The van der Waals surface area contributed by atoms with Crippen LogP contribution in [0, 0.1) is 10.1 Å². The number of nitro groups is 1. The molecule has 1 atom stereocenters. The van der Waals surface area contributed by atoms with E-state index in [1.165, 1.54) is 6.07 Å². The predicted octanol–water partition coefficient (Wildman–Crippen LogP) is 1.21. The number of nitrogens with two attached hydrogens (primary N) is 1. The van der Waals surface area contributed by atoms with Crippen LogP contribution in [0.4, 0.5) is 5.69 Å². The number of hydrogen-bond acceptors (Lipinski definition) is 6. The van der Waals surface area contributed by atoms with Crippen molar-refractivity contribution in [3.05, 3.63) is 39.4 Å². The molecule has 2 N–H and O–H groups in total. The number of benzene rings is 1. The van der Waals surface area contributed by atoms with Gasteiger partial charge in [0, 0.05) is 18.1 Å². The van der Waals surface area contributed by atoms with E-state index in [4.69, 9.17) is 15.5 Å². The van der Waals surface area contributed by atoms with Gasteiger partial charge in [0.05, 0.1) is 17.1 Å². The highest BCUT2D eigenvalue weighted by atomic mass is 17.2. The fraction of sp³-hybridized carbons (Fsp3) is 0.364. The van der Waals surface area contributed by atoms with Gasteiger partial charge < -0.3 is 5.73 Å². The lowest BCUT2D eigenvalue weighted by molar-refractivity contribution is -0.402. The maximum absolute atomic E-state index is 11.1. The Hall–Kier alpha value is -1.99. The van der Waals surface area contributed by atoms with Crippen LogP contribution in [0.25, 0.3) is 0 Å². The van der Waals surface area contributed by atoms with Crippen LogP contribution in [-0.4, -0.2) is 17.4 Å². The smallest absolute Gasteiger partial charge is 0.278 e. The Morgan fingerprint density at radius 2 is 2.33 bits per heavy atom. The zero-order valence-electron chi connectivity index (χ0n) is 9.46. The van der Waals surface area contributed by atoms with Gasteiger partial charge in [-0.2, -0.15) is 0 Å². The van der Waals surface area contributed by atoms with Gasteiger partial charge in [0.2, 0.25) is 5.72 Å². The fourth-order valence-electron chi connectivity index (χ4n) is 2.42. The first-order valence-corrected chi connectivity index (χ1v) is 5.58. The standard InChI is InChI=1S/C11H11N3O4/c12-10-7-3-1-4-8(14(15)16)9(7)11(13-10)5-2-6-17-18-11/h1,3-4H,2,5-6H2,(H2,12,13). The van der Waals surface area contributed by atoms with Crippen LogP contribution < -0.4 is 5.73 Å². The van der Waals surface area contributed by atoms with Gasteiger partial charge in [0.15, 0.2) is 0 Å². The average Bonchev–Trinajstić information content (AvgIpc) is 2.64. The summed E-state index contributed by atoms with van der Waals surface area (Å²) in [4.78, 5) is 25.1. The maximum atomic E-state index is 11.1. The molecule has 1 unspecified atom stereocenters. The first-order valence-electron chi connectivity index (χ1n) is 5.58. The molecular weight excluding hydrogens is 238 g/mol. The lowest BCUT2D eigenvalue weighted by Gasteiger charge is -2.29. The minimum absolute atomic E-state index is 0.0396. The molecule has 0 aromatic heterocycles. The summed E-state index contributed by atoms with van der Waals surface area (Å²) < 4.78 is 0. The largest absolute Gasteiger partial charge is 0.383 e. The van der Waals surface area contributed by atoms with E-state index in [-0.39, 0.29) is 11.5 Å². The molecule has 94 valence electrons. The predicted molar refractivity (Wildman–Crippen MR) is 61.8 cm³/mol. The molecule has 1 fully saturated rings. The van der Waals surface area contributed by atoms with Crippen molar-refractivity contribution in [2.45, 2.75) is 18.6 Å². The molecule has 2 aliphatic rings. The highest BCUT2D eigenvalue weighted by Crippen LogP contribution is 2.45. The molecule has 2 heterocycles. The summed E-state index contributed by atoms with van der Waals surface area (Å²) in [6.45, 7) is 0.452. The first kappa shape index (κ1) is 11.1. The summed E-state index contributed by atoms with van der Waals surface area (Å²) in [6, 6.07) is 4.71. The summed E-state index contributed by atoms with van der Waals surface area (Å²) >= 11 is 0. The van der Waals surface area contributed by atoms with E-state index >= 15 is 0 Å². The van der Waals surface area contributed by atoms with E-state index < -0.39 is 10.6 Å². The van der Waals surface area contributed by atoms with Crippen LogP contribution in [0.15, 0.2) is 23.2 Å². The third-order valence-electron chi connectivity index (χ3n) is 3.15. The number of nitro benzene ring substituents is 1. The monoisotopic (exact) mass is 249 g/mol. The fourth-order valence-corrected chi connectivity index (χ4v) is 2.42. The normalized spacial score (nSPS) is 25.9. The third kappa shape index (κ3) is 1.41. The molecule has 0 saturated carbocycles. The lowest BCUT2D eigenvalue weighted by atomic mass is 9.94. The molecule has 0 bridgehead atoms. The van der Waals surface area contributed by atoms with Crippen molar-refractivity contribution in [1.29, 1.82) is 0 Å². The Labute approximate surface area is 102 Å². The number of nitrogens with zero attached hydrogens (tertiary/aromatic N) is 2. The van der Waals surface area contributed by atoms with Gasteiger partial charge in [0.25, 0.3) is 5.69 Å². The summed E-state index contributed by atoms with van der Waals surface area (Å²) in [7, 11) is 0. The third-order valence-corrected chi connectivity index (χ3v) is 3.15. The zero-order valence-corrected chi connectivity index (χ0v) is 9.46. The van der Waals surface area contributed by atoms with E-state index in [1.54, 1.807) is 12.1 Å². The van der Waals surface area contributed by atoms with E-state index in [2.05, 4.69) is 4.99 Å². The highest BCUT2D eigenvalue weighted by molar-refractivity contribution is 6.02. The van der Waals surface area contributed by atoms with Crippen molar-refractivity contribution < 1.29 is 14.7 Å². The quantitative estimate of drug-likeness (QED) is 0.458. The van der Waals surface area contributed by atoms with Crippen molar-refractivity contribution in [2.75, 3.05) is 6.61 Å². The van der Waals surface area contributed by atoms with Crippen LogP contribution in [0.5, 0.6) is 0 Å². The number of rotatable bonds is 1. The Kier molecular flexibility index (Phi) is 2.32. The molecular formula is C11H11N3O4. The number of fused-ring (bicyclic) bond motifs is 2. The molecule has 1 aromatic carbocycles. The van der Waals surface area contributed by atoms with E-state index in [9.17, 15) is 10.1 Å². The van der Waals surface area contributed by atoms with Crippen molar-refractivity contribution in [1.82, 2.24) is 0 Å². The molecule has 7 nitrogen and oxygen atoms in total. The van der Waals surface area contributed by atoms with Crippen molar-refractivity contribution in [2.24, 2.45) is 10.7 Å². The molecule has 3 rings (SSSR count). The second-order valence-electron chi connectivity index (χ2n) is 4.25. The molecule has 18 heavy (non-hydrogen) atoms. The second kappa shape index (κ2) is 3.76. The van der Waals surface area contributed by atoms with Gasteiger partial charge in [-0.25, -0.2) is 14.8 Å². The SMILES string of the molecule is NC1=NC2(CCCOO2)c2c1cccc2[N+](=O)[O-]. The lowest BCUT2D eigenvalue weighted by Crippen LogP contribution is -2.31. The van der Waals surface area contributed by atoms with E-state index in [1.807, 2.05) is 0 Å². The van der Waals surface area contributed by atoms with Crippen molar-refractivity contribution in [3.8, 4) is 0 Å². The molecule has 0 aliphatic carbocycles. The van der Waals surface area contributed by atoms with Gasteiger partial charge >= 0.3 is 0 Å². The Morgan fingerprint density at radius 1 is 1.50 bits per heavy atom. The van der Waals surface area contributed by atoms with Gasteiger partial charge in [-0.3, -0.25) is 10.1 Å². The highest BCUT2D eigenvalue weighted by Gasteiger charge is 2.48. The van der Waals surface area contributed by atoms with E-state index in [0.717, 1.165) is 0 Å². The molecule has 0 amide bonds. The Bertz CT molecular complexity index is 549. The molecule has 2 aliphatic heterocycles. The van der Waals surface area contributed by atoms with Crippen LogP contribution in [0.2, 0.25) is 0 Å². The topological polar surface area (TPSA) is 100.0 Å². The van der Waals surface area contributed by atoms with Crippen LogP contribution >= 0.6 is 0 Å². The van der Waals surface area contributed by atoms with Crippen molar-refractivity contribution in [3.63, 3.8) is 0 Å². The number of aliphatic imine (C=N–C) groups is 1. The minimum atomic E-state index is -1.15. The van der Waals surface area contributed by atoms with Crippen molar-refractivity contribution >= 4 is 11.5 Å². The Morgan fingerprint density at radius 3 is 3.00 bits per heavy atom. The Balaban J connectivity index is 2.22. The van der Waals surface area contributed by atoms with Gasteiger partial charge in [-0.1, -0.05) is 12.1 Å². The zero-order chi connectivity index (χ0) is 12.8. The molecule has 1 spiro atoms. The van der Waals surface area contributed by atoms with Crippen LogP contribution in [0.1, 0.15) is 24.0 Å². The first-order chi connectivity index (χ1) is 8.64. The summed E-state index contributed by atoms with van der Waals surface area (Å²) in [6.07, 6.45) is 1.23. The number of amidine groups is 1. The average molecular weight is 249 g/mol.